The molecule has 37 heavy (non-hydrogen) atoms. The molecule has 2 saturated carbocycles. The van der Waals surface area contributed by atoms with Crippen LogP contribution in [0.25, 0.3) is 11.3 Å². The summed E-state index contributed by atoms with van der Waals surface area (Å²) >= 11 is 19.6. The Morgan fingerprint density at radius 3 is 2.46 bits per heavy atom. The summed E-state index contributed by atoms with van der Waals surface area (Å²) in [5, 5.41) is 15.3. The topological polar surface area (TPSA) is 85.5 Å². The van der Waals surface area contributed by atoms with Crippen LogP contribution in [0.2, 0.25) is 15.1 Å². The van der Waals surface area contributed by atoms with Gasteiger partial charge in [0.25, 0.3) is 0 Å². The average Bonchev–Trinajstić information content (AvgIpc) is 3.81. The van der Waals surface area contributed by atoms with E-state index in [2.05, 4.69) is 10.1 Å². The number of carboxylic acids is 1. The highest BCUT2D eigenvalue weighted by atomic mass is 35.5. The van der Waals surface area contributed by atoms with Crippen LogP contribution in [0, 0.1) is 0 Å². The first kappa shape index (κ1) is 24.3. The third kappa shape index (κ3) is 4.70. The molecule has 2 aliphatic rings. The Balaban J connectivity index is 1.22. The minimum Gasteiger partial charge on any atom is -0.489 e. The van der Waals surface area contributed by atoms with E-state index in [4.69, 9.17) is 44.1 Å². The lowest BCUT2D eigenvalue weighted by Crippen LogP contribution is -2.04. The van der Waals surface area contributed by atoms with Gasteiger partial charge in [0.15, 0.2) is 5.69 Å². The summed E-state index contributed by atoms with van der Waals surface area (Å²) in [5.41, 5.74) is 3.85. The average molecular weight is 556 g/mol. The monoisotopic (exact) mass is 554 g/mol. The third-order valence-corrected chi connectivity index (χ3v) is 7.91. The highest BCUT2D eigenvalue weighted by Crippen LogP contribution is 2.57. The van der Waals surface area contributed by atoms with Gasteiger partial charge in [0, 0.05) is 22.7 Å². The van der Waals surface area contributed by atoms with Gasteiger partial charge in [-0.25, -0.2) is 9.78 Å². The van der Waals surface area contributed by atoms with Crippen molar-refractivity contribution < 1.29 is 19.2 Å². The second-order valence-corrected chi connectivity index (χ2v) is 10.6. The number of carbonyl (C=O) groups is 1. The maximum Gasteiger partial charge on any atom is 0.354 e. The Hall–Kier alpha value is -3.06. The Kier molecular flexibility index (Phi) is 6.35. The number of rotatable bonds is 8. The summed E-state index contributed by atoms with van der Waals surface area (Å²) in [5.74, 6) is 0.926. The number of aromatic nitrogens is 2. The molecule has 2 atom stereocenters. The van der Waals surface area contributed by atoms with Crippen LogP contribution in [0.1, 0.15) is 70.0 Å². The summed E-state index contributed by atoms with van der Waals surface area (Å²) in [6.07, 6.45) is 4.40. The van der Waals surface area contributed by atoms with Gasteiger partial charge in [-0.1, -0.05) is 58.2 Å². The third-order valence-electron chi connectivity index (χ3n) is 6.95. The molecule has 6 rings (SSSR count). The molecule has 0 spiro atoms. The fourth-order valence-corrected chi connectivity index (χ4v) is 5.77. The van der Waals surface area contributed by atoms with Crippen molar-refractivity contribution in [2.75, 3.05) is 0 Å². The van der Waals surface area contributed by atoms with E-state index in [1.54, 1.807) is 30.3 Å². The number of hydrogen-bond donors (Lipinski definition) is 1. The van der Waals surface area contributed by atoms with Gasteiger partial charge in [-0.2, -0.15) is 0 Å². The Bertz CT molecular complexity index is 1500. The summed E-state index contributed by atoms with van der Waals surface area (Å²) in [7, 11) is 0. The number of ether oxygens (including phenoxy) is 1. The highest BCUT2D eigenvalue weighted by Gasteiger charge is 2.43. The number of pyridine rings is 1. The second-order valence-electron chi connectivity index (χ2n) is 9.41. The van der Waals surface area contributed by atoms with Crippen LogP contribution in [-0.4, -0.2) is 21.2 Å². The van der Waals surface area contributed by atoms with Crippen LogP contribution in [0.4, 0.5) is 0 Å². The van der Waals surface area contributed by atoms with E-state index in [0.29, 0.717) is 38.0 Å². The SMILES string of the molecule is O=C(O)c1ncccc1C1CC1c1ccc(OCc2c(-c3c(Cl)cccc3Cl)noc2C2CC2)cc1Cl. The van der Waals surface area contributed by atoms with Crippen LogP contribution < -0.4 is 4.74 Å². The smallest absolute Gasteiger partial charge is 0.354 e. The molecule has 0 saturated heterocycles. The van der Waals surface area contributed by atoms with Crippen LogP contribution >= 0.6 is 34.8 Å². The zero-order valence-corrected chi connectivity index (χ0v) is 21.7. The summed E-state index contributed by atoms with van der Waals surface area (Å²) < 4.78 is 11.9. The number of benzene rings is 2. The molecular weight excluding hydrogens is 535 g/mol. The van der Waals surface area contributed by atoms with E-state index in [9.17, 15) is 9.90 Å². The van der Waals surface area contributed by atoms with Gasteiger partial charge in [-0.05, 0) is 72.6 Å². The fraction of sp³-hybridized carbons (Fsp3) is 0.250. The summed E-state index contributed by atoms with van der Waals surface area (Å²) in [4.78, 5) is 15.6. The van der Waals surface area contributed by atoms with Crippen molar-refractivity contribution in [1.29, 1.82) is 0 Å². The molecule has 0 amide bonds. The maximum atomic E-state index is 11.6. The molecule has 2 heterocycles. The van der Waals surface area contributed by atoms with E-state index in [0.717, 1.165) is 41.7 Å². The van der Waals surface area contributed by atoms with Crippen molar-refractivity contribution in [3.63, 3.8) is 0 Å². The second kappa shape index (κ2) is 9.67. The molecule has 2 aromatic heterocycles. The minimum atomic E-state index is -1.02. The molecule has 6 nitrogen and oxygen atoms in total. The lowest BCUT2D eigenvalue weighted by atomic mass is 10.0. The molecule has 9 heteroatoms. The fourth-order valence-electron chi connectivity index (χ4n) is 4.88. The molecule has 0 bridgehead atoms. The predicted molar refractivity (Wildman–Crippen MR) is 141 cm³/mol. The van der Waals surface area contributed by atoms with Crippen molar-refractivity contribution >= 4 is 40.8 Å². The quantitative estimate of drug-likeness (QED) is 0.236. The standard InChI is InChI=1S/C28H21Cl3N2O4/c29-21-4-1-5-22(30)24(21)25-20(27(37-33-25)14-6-7-14)13-36-15-8-9-16(23(31)11-15)18-12-19(18)17-3-2-10-32-26(17)28(34)35/h1-5,8-11,14,18-19H,6-7,12-13H2,(H,34,35). The van der Waals surface area contributed by atoms with E-state index >= 15 is 0 Å². The van der Waals surface area contributed by atoms with Gasteiger partial charge < -0.3 is 14.4 Å². The van der Waals surface area contributed by atoms with Gasteiger partial charge in [0.1, 0.15) is 23.8 Å². The normalized spacial score (nSPS) is 18.6. The molecule has 0 aliphatic heterocycles. The van der Waals surface area contributed by atoms with Gasteiger partial charge in [0.05, 0.1) is 15.6 Å². The van der Waals surface area contributed by atoms with Gasteiger partial charge >= 0.3 is 5.97 Å². The number of nitrogens with zero attached hydrogens (tertiary/aromatic N) is 2. The first-order chi connectivity index (χ1) is 17.9. The van der Waals surface area contributed by atoms with Crippen LogP contribution in [0.3, 0.4) is 0 Å². The van der Waals surface area contributed by atoms with Crippen molar-refractivity contribution in [2.45, 2.75) is 43.6 Å². The molecule has 1 N–H and O–H groups in total. The first-order valence-corrected chi connectivity index (χ1v) is 13.1. The predicted octanol–water partition coefficient (Wildman–Crippen LogP) is 8.12. The number of hydrogen-bond acceptors (Lipinski definition) is 5. The first-order valence-electron chi connectivity index (χ1n) is 12.0. The molecule has 188 valence electrons. The van der Waals surface area contributed by atoms with Gasteiger partial charge in [-0.15, -0.1) is 0 Å². The number of carboxylic acid groups (broad SMARTS) is 1. The van der Waals surface area contributed by atoms with Gasteiger partial charge in [-0.3, -0.25) is 0 Å². The molecule has 2 aliphatic carbocycles. The summed E-state index contributed by atoms with van der Waals surface area (Å²) in [6, 6.07) is 14.5. The lowest BCUT2D eigenvalue weighted by molar-refractivity contribution is 0.0689. The molecule has 0 radical (unpaired) electrons. The number of aromatic carboxylic acids is 1. The molecule has 2 fully saturated rings. The zero-order chi connectivity index (χ0) is 25.7. The van der Waals surface area contributed by atoms with E-state index in [-0.39, 0.29) is 24.1 Å². The lowest BCUT2D eigenvalue weighted by Gasteiger charge is -2.11. The Morgan fingerprint density at radius 1 is 1.00 bits per heavy atom. The highest BCUT2D eigenvalue weighted by molar-refractivity contribution is 6.39. The van der Waals surface area contributed by atoms with Crippen molar-refractivity contribution in [3.05, 3.63) is 97.9 Å². The van der Waals surface area contributed by atoms with Crippen molar-refractivity contribution in [3.8, 4) is 17.0 Å². The molecule has 2 aromatic carbocycles. The van der Waals surface area contributed by atoms with E-state index in [1.165, 1.54) is 6.20 Å². The van der Waals surface area contributed by atoms with Crippen LogP contribution in [-0.2, 0) is 6.61 Å². The Morgan fingerprint density at radius 2 is 1.76 bits per heavy atom. The molecule has 2 unspecified atom stereocenters. The van der Waals surface area contributed by atoms with Crippen molar-refractivity contribution in [1.82, 2.24) is 10.1 Å². The van der Waals surface area contributed by atoms with Crippen LogP contribution in [0.5, 0.6) is 5.75 Å². The number of halogens is 3. The molecule has 4 aromatic rings. The maximum absolute atomic E-state index is 11.6. The van der Waals surface area contributed by atoms with Crippen molar-refractivity contribution in [2.24, 2.45) is 0 Å². The largest absolute Gasteiger partial charge is 0.489 e. The summed E-state index contributed by atoms with van der Waals surface area (Å²) in [6.45, 7) is 0.228. The van der Waals surface area contributed by atoms with Gasteiger partial charge in [0.2, 0.25) is 0 Å². The minimum absolute atomic E-state index is 0.0742. The Labute approximate surface area is 228 Å². The van der Waals surface area contributed by atoms with Crippen LogP contribution in [0.15, 0.2) is 59.3 Å². The zero-order valence-electron chi connectivity index (χ0n) is 19.5. The molecular formula is C28H21Cl3N2O4. The van der Waals surface area contributed by atoms with E-state index in [1.807, 2.05) is 18.2 Å². The van der Waals surface area contributed by atoms with E-state index < -0.39 is 5.97 Å².